The molecule has 4 nitrogen and oxygen atoms in total. The minimum Gasteiger partial charge on any atom is -0.316 e. The first-order valence-corrected chi connectivity index (χ1v) is 6.52. The molecule has 0 spiro atoms. The summed E-state index contributed by atoms with van der Waals surface area (Å²) in [5.41, 5.74) is 0. The fourth-order valence-electron chi connectivity index (χ4n) is 2.72. The highest BCUT2D eigenvalue weighted by molar-refractivity contribution is 4.99. The standard InChI is InChI=1S/C12H20N4/c1-3-10(4-1)8-16-12(14-9-15-16)11-5-2-6-13-7-11/h9-11,13H,1-8H2. The van der Waals surface area contributed by atoms with Crippen LogP contribution in [0.15, 0.2) is 6.33 Å². The highest BCUT2D eigenvalue weighted by Crippen LogP contribution is 2.29. The molecular weight excluding hydrogens is 200 g/mol. The summed E-state index contributed by atoms with van der Waals surface area (Å²) in [5, 5.41) is 7.84. The highest BCUT2D eigenvalue weighted by atomic mass is 15.3. The summed E-state index contributed by atoms with van der Waals surface area (Å²) in [6, 6.07) is 0. The van der Waals surface area contributed by atoms with E-state index >= 15 is 0 Å². The van der Waals surface area contributed by atoms with Crippen LogP contribution in [0.1, 0.15) is 43.8 Å². The van der Waals surface area contributed by atoms with Crippen molar-refractivity contribution in [2.45, 2.75) is 44.6 Å². The Morgan fingerprint density at radius 2 is 2.25 bits per heavy atom. The third-order valence-corrected chi connectivity index (χ3v) is 3.96. The van der Waals surface area contributed by atoms with Crippen LogP contribution in [0.2, 0.25) is 0 Å². The van der Waals surface area contributed by atoms with E-state index in [9.17, 15) is 0 Å². The molecule has 2 fully saturated rings. The van der Waals surface area contributed by atoms with Crippen LogP contribution in [0.3, 0.4) is 0 Å². The number of nitrogens with zero attached hydrogens (tertiary/aromatic N) is 3. The van der Waals surface area contributed by atoms with Gasteiger partial charge in [0.15, 0.2) is 0 Å². The van der Waals surface area contributed by atoms with Gasteiger partial charge in [0.25, 0.3) is 0 Å². The Morgan fingerprint density at radius 3 is 2.94 bits per heavy atom. The van der Waals surface area contributed by atoms with Crippen LogP contribution >= 0.6 is 0 Å². The SMILES string of the molecule is c1nc(C2CCCNC2)n(CC2CCC2)n1. The summed E-state index contributed by atoms with van der Waals surface area (Å²) >= 11 is 0. The molecule has 1 atom stereocenters. The van der Waals surface area contributed by atoms with E-state index in [1.807, 2.05) is 0 Å². The number of rotatable bonds is 3. The predicted molar refractivity (Wildman–Crippen MR) is 62.2 cm³/mol. The van der Waals surface area contributed by atoms with Gasteiger partial charge in [0, 0.05) is 19.0 Å². The molecule has 0 aromatic carbocycles. The molecule has 1 saturated carbocycles. The Bertz CT molecular complexity index is 337. The molecule has 0 radical (unpaired) electrons. The first-order valence-electron chi connectivity index (χ1n) is 6.52. The van der Waals surface area contributed by atoms with Crippen LogP contribution in [0.4, 0.5) is 0 Å². The number of hydrogen-bond acceptors (Lipinski definition) is 3. The Morgan fingerprint density at radius 1 is 1.31 bits per heavy atom. The van der Waals surface area contributed by atoms with E-state index in [4.69, 9.17) is 0 Å². The van der Waals surface area contributed by atoms with Gasteiger partial charge in [-0.05, 0) is 38.1 Å². The molecule has 3 rings (SSSR count). The second-order valence-corrected chi connectivity index (χ2v) is 5.14. The lowest BCUT2D eigenvalue weighted by atomic mass is 9.85. The van der Waals surface area contributed by atoms with Gasteiger partial charge in [-0.2, -0.15) is 5.10 Å². The molecule has 1 aromatic rings. The van der Waals surface area contributed by atoms with Crippen LogP contribution < -0.4 is 5.32 Å². The first-order chi connectivity index (χ1) is 7.93. The van der Waals surface area contributed by atoms with Gasteiger partial charge < -0.3 is 5.32 Å². The first kappa shape index (κ1) is 10.3. The molecule has 2 aliphatic rings. The number of nitrogens with one attached hydrogen (secondary N) is 1. The van der Waals surface area contributed by atoms with E-state index in [0.717, 1.165) is 25.6 Å². The average Bonchev–Trinajstić information content (AvgIpc) is 2.73. The van der Waals surface area contributed by atoms with E-state index in [2.05, 4.69) is 20.1 Å². The van der Waals surface area contributed by atoms with Crippen LogP contribution in [0.5, 0.6) is 0 Å². The van der Waals surface area contributed by atoms with Crippen LogP contribution in [0, 0.1) is 5.92 Å². The molecule has 1 N–H and O–H groups in total. The van der Waals surface area contributed by atoms with Gasteiger partial charge in [-0.25, -0.2) is 9.67 Å². The Labute approximate surface area is 96.4 Å². The van der Waals surface area contributed by atoms with Crippen molar-refractivity contribution in [3.63, 3.8) is 0 Å². The smallest absolute Gasteiger partial charge is 0.138 e. The Balaban J connectivity index is 1.70. The summed E-state index contributed by atoms with van der Waals surface area (Å²) in [6.07, 6.45) is 8.41. The lowest BCUT2D eigenvalue weighted by Gasteiger charge is -2.27. The molecule has 1 aliphatic heterocycles. The molecule has 0 amide bonds. The maximum absolute atomic E-state index is 4.46. The van der Waals surface area contributed by atoms with Crippen LogP contribution in [0.25, 0.3) is 0 Å². The second kappa shape index (κ2) is 4.53. The maximum Gasteiger partial charge on any atom is 0.138 e. The van der Waals surface area contributed by atoms with Crippen molar-refractivity contribution in [1.29, 1.82) is 0 Å². The maximum atomic E-state index is 4.46. The van der Waals surface area contributed by atoms with Crippen molar-refractivity contribution >= 4 is 0 Å². The lowest BCUT2D eigenvalue weighted by Crippen LogP contribution is -2.31. The molecular formula is C12H20N4. The quantitative estimate of drug-likeness (QED) is 0.840. The molecule has 16 heavy (non-hydrogen) atoms. The van der Waals surface area contributed by atoms with Gasteiger partial charge in [0.05, 0.1) is 0 Å². The van der Waals surface area contributed by atoms with Crippen molar-refractivity contribution in [3.8, 4) is 0 Å². The van der Waals surface area contributed by atoms with Crippen molar-refractivity contribution < 1.29 is 0 Å². The van der Waals surface area contributed by atoms with Gasteiger partial charge in [-0.3, -0.25) is 0 Å². The average molecular weight is 220 g/mol. The molecule has 2 heterocycles. The predicted octanol–water partition coefficient (Wildman–Crippen LogP) is 1.55. The largest absolute Gasteiger partial charge is 0.316 e. The molecule has 1 saturated heterocycles. The van der Waals surface area contributed by atoms with Gasteiger partial charge in [0.2, 0.25) is 0 Å². The zero-order valence-corrected chi connectivity index (χ0v) is 9.73. The minimum absolute atomic E-state index is 0.580. The molecule has 0 bridgehead atoms. The van der Waals surface area contributed by atoms with Crippen molar-refractivity contribution in [2.75, 3.05) is 13.1 Å². The van der Waals surface area contributed by atoms with Crippen LogP contribution in [-0.4, -0.2) is 27.9 Å². The summed E-state index contributed by atoms with van der Waals surface area (Å²) in [5.74, 6) is 2.65. The topological polar surface area (TPSA) is 42.7 Å². The fourth-order valence-corrected chi connectivity index (χ4v) is 2.72. The molecule has 1 aromatic heterocycles. The van der Waals surface area contributed by atoms with Gasteiger partial charge in [0.1, 0.15) is 12.2 Å². The summed E-state index contributed by atoms with van der Waals surface area (Å²) in [6.45, 7) is 3.32. The van der Waals surface area contributed by atoms with Crippen molar-refractivity contribution in [3.05, 3.63) is 12.2 Å². The third-order valence-electron chi connectivity index (χ3n) is 3.96. The third kappa shape index (κ3) is 1.98. The zero-order valence-electron chi connectivity index (χ0n) is 9.73. The minimum atomic E-state index is 0.580. The van der Waals surface area contributed by atoms with Crippen LogP contribution in [-0.2, 0) is 6.54 Å². The Hall–Kier alpha value is -0.900. The van der Waals surface area contributed by atoms with Crippen molar-refractivity contribution in [1.82, 2.24) is 20.1 Å². The molecule has 1 unspecified atom stereocenters. The van der Waals surface area contributed by atoms with E-state index in [1.54, 1.807) is 6.33 Å². The van der Waals surface area contributed by atoms with E-state index in [-0.39, 0.29) is 0 Å². The number of hydrogen-bond donors (Lipinski definition) is 1. The Kier molecular flexibility index (Phi) is 2.91. The second-order valence-electron chi connectivity index (χ2n) is 5.14. The van der Waals surface area contributed by atoms with E-state index in [1.165, 1.54) is 37.9 Å². The summed E-state index contributed by atoms with van der Waals surface area (Å²) < 4.78 is 2.15. The molecule has 4 heteroatoms. The highest BCUT2D eigenvalue weighted by Gasteiger charge is 2.24. The van der Waals surface area contributed by atoms with Gasteiger partial charge in [-0.15, -0.1) is 0 Å². The summed E-state index contributed by atoms with van der Waals surface area (Å²) in [4.78, 5) is 4.46. The normalized spacial score (nSPS) is 26.6. The number of aromatic nitrogens is 3. The summed E-state index contributed by atoms with van der Waals surface area (Å²) in [7, 11) is 0. The lowest BCUT2D eigenvalue weighted by molar-refractivity contribution is 0.258. The fraction of sp³-hybridized carbons (Fsp3) is 0.833. The van der Waals surface area contributed by atoms with E-state index in [0.29, 0.717) is 5.92 Å². The number of piperidine rings is 1. The molecule has 88 valence electrons. The monoisotopic (exact) mass is 220 g/mol. The molecule has 1 aliphatic carbocycles. The van der Waals surface area contributed by atoms with Crippen molar-refractivity contribution in [2.24, 2.45) is 5.92 Å². The van der Waals surface area contributed by atoms with Gasteiger partial charge in [-0.1, -0.05) is 6.42 Å². The van der Waals surface area contributed by atoms with E-state index < -0.39 is 0 Å². The van der Waals surface area contributed by atoms with Gasteiger partial charge >= 0.3 is 0 Å². The zero-order chi connectivity index (χ0) is 10.8.